The van der Waals surface area contributed by atoms with Crippen LogP contribution in [0.25, 0.3) is 0 Å². The van der Waals surface area contributed by atoms with E-state index >= 15 is 0 Å². The molecule has 0 saturated carbocycles. The van der Waals surface area contributed by atoms with Crippen LogP contribution in [-0.4, -0.2) is 24.5 Å². The van der Waals surface area contributed by atoms with Crippen molar-refractivity contribution in [3.8, 4) is 0 Å². The molecule has 0 radical (unpaired) electrons. The molecule has 98 valence electrons. The van der Waals surface area contributed by atoms with Crippen LogP contribution >= 0.6 is 0 Å². The lowest BCUT2D eigenvalue weighted by Gasteiger charge is -2.09. The number of anilines is 1. The number of nitrogens with two attached hydrogens (primary N) is 1. The van der Waals surface area contributed by atoms with Gasteiger partial charge in [0.05, 0.1) is 11.7 Å². The molecule has 0 aromatic heterocycles. The van der Waals surface area contributed by atoms with Crippen molar-refractivity contribution >= 4 is 17.5 Å². The molecule has 1 rings (SSSR count). The predicted molar refractivity (Wildman–Crippen MR) is 64.6 cm³/mol. The number of benzene rings is 1. The summed E-state index contributed by atoms with van der Waals surface area (Å²) in [4.78, 5) is 22.4. The molecule has 0 unspecified atom stereocenters. The number of ether oxygens (including phenoxy) is 1. The third-order valence-electron chi connectivity index (χ3n) is 2.06. The zero-order valence-electron chi connectivity index (χ0n) is 10.2. The molecule has 0 spiro atoms. The van der Waals surface area contributed by atoms with Crippen LogP contribution in [0.15, 0.2) is 18.2 Å². The van der Waals surface area contributed by atoms with Crippen LogP contribution in [0.3, 0.4) is 0 Å². The Kier molecular flexibility index (Phi) is 4.79. The Bertz CT molecular complexity index is 461. The summed E-state index contributed by atoms with van der Waals surface area (Å²) >= 11 is 0. The van der Waals surface area contributed by atoms with Gasteiger partial charge in [-0.3, -0.25) is 9.59 Å². The fourth-order valence-corrected chi connectivity index (χ4v) is 1.23. The first kappa shape index (κ1) is 14.1. The van der Waals surface area contributed by atoms with E-state index in [-0.39, 0.29) is 24.2 Å². The highest BCUT2D eigenvalue weighted by atomic mass is 19.1. The summed E-state index contributed by atoms with van der Waals surface area (Å²) in [7, 11) is 0. The molecule has 0 fully saturated rings. The molecule has 1 aromatic rings. The standard InChI is InChI=1S/C12H15FN2O3/c1-7(2)18-6-11(16)15-8-3-4-10(13)9(5-8)12(14)17/h3-5,7H,6H2,1-2H3,(H2,14,17)(H,15,16). The van der Waals surface area contributed by atoms with Crippen molar-refractivity contribution < 1.29 is 18.7 Å². The highest BCUT2D eigenvalue weighted by molar-refractivity contribution is 5.96. The summed E-state index contributed by atoms with van der Waals surface area (Å²) in [5.74, 6) is -1.99. The number of hydrogen-bond acceptors (Lipinski definition) is 3. The van der Waals surface area contributed by atoms with E-state index in [9.17, 15) is 14.0 Å². The van der Waals surface area contributed by atoms with Crippen molar-refractivity contribution in [3.63, 3.8) is 0 Å². The molecule has 18 heavy (non-hydrogen) atoms. The van der Waals surface area contributed by atoms with Crippen LogP contribution in [0.5, 0.6) is 0 Å². The Morgan fingerprint density at radius 1 is 1.44 bits per heavy atom. The quantitative estimate of drug-likeness (QED) is 0.830. The van der Waals surface area contributed by atoms with Gasteiger partial charge in [0.25, 0.3) is 5.91 Å². The summed E-state index contributed by atoms with van der Waals surface area (Å²) in [5.41, 5.74) is 5.02. The number of hydrogen-bond donors (Lipinski definition) is 2. The van der Waals surface area contributed by atoms with Crippen molar-refractivity contribution in [1.82, 2.24) is 0 Å². The molecule has 3 N–H and O–H groups in total. The first-order valence-electron chi connectivity index (χ1n) is 5.41. The second kappa shape index (κ2) is 6.11. The Morgan fingerprint density at radius 2 is 2.11 bits per heavy atom. The highest BCUT2D eigenvalue weighted by Crippen LogP contribution is 2.14. The summed E-state index contributed by atoms with van der Waals surface area (Å²) in [5, 5.41) is 2.48. The molecular formula is C12H15FN2O3. The van der Waals surface area contributed by atoms with Crippen molar-refractivity contribution in [1.29, 1.82) is 0 Å². The topological polar surface area (TPSA) is 81.4 Å². The molecule has 5 nitrogen and oxygen atoms in total. The van der Waals surface area contributed by atoms with E-state index in [1.54, 1.807) is 13.8 Å². The van der Waals surface area contributed by atoms with Gasteiger partial charge in [0, 0.05) is 5.69 Å². The minimum absolute atomic E-state index is 0.0647. The molecule has 0 saturated heterocycles. The van der Waals surface area contributed by atoms with Gasteiger partial charge in [-0.15, -0.1) is 0 Å². The smallest absolute Gasteiger partial charge is 0.251 e. The maximum atomic E-state index is 13.2. The largest absolute Gasteiger partial charge is 0.369 e. The fraction of sp³-hybridized carbons (Fsp3) is 0.333. The zero-order valence-corrected chi connectivity index (χ0v) is 10.2. The summed E-state index contributed by atoms with van der Waals surface area (Å²) in [6.07, 6.45) is -0.0647. The van der Waals surface area contributed by atoms with Gasteiger partial charge in [-0.05, 0) is 32.0 Å². The molecule has 0 aliphatic heterocycles. The fourth-order valence-electron chi connectivity index (χ4n) is 1.23. The molecule has 0 heterocycles. The number of carbonyl (C=O) groups is 2. The molecule has 0 bridgehead atoms. The van der Waals surface area contributed by atoms with Crippen LogP contribution < -0.4 is 11.1 Å². The number of carbonyl (C=O) groups excluding carboxylic acids is 2. The van der Waals surface area contributed by atoms with Crippen LogP contribution in [0.4, 0.5) is 10.1 Å². The maximum absolute atomic E-state index is 13.2. The monoisotopic (exact) mass is 254 g/mol. The van der Waals surface area contributed by atoms with Crippen molar-refractivity contribution in [3.05, 3.63) is 29.6 Å². The van der Waals surface area contributed by atoms with Gasteiger partial charge in [0.2, 0.25) is 5.91 Å². The molecular weight excluding hydrogens is 239 g/mol. The Hall–Kier alpha value is -1.95. The Balaban J connectivity index is 2.70. The van der Waals surface area contributed by atoms with Crippen molar-refractivity contribution in [2.75, 3.05) is 11.9 Å². The highest BCUT2D eigenvalue weighted by Gasteiger charge is 2.10. The maximum Gasteiger partial charge on any atom is 0.251 e. The minimum Gasteiger partial charge on any atom is -0.369 e. The van der Waals surface area contributed by atoms with Crippen molar-refractivity contribution in [2.24, 2.45) is 5.73 Å². The van der Waals surface area contributed by atoms with Gasteiger partial charge in [-0.2, -0.15) is 0 Å². The van der Waals surface area contributed by atoms with Gasteiger partial charge < -0.3 is 15.8 Å². The number of nitrogens with one attached hydrogen (secondary N) is 1. The lowest BCUT2D eigenvalue weighted by molar-refractivity contribution is -0.121. The van der Waals surface area contributed by atoms with Crippen molar-refractivity contribution in [2.45, 2.75) is 20.0 Å². The van der Waals surface area contributed by atoms with Gasteiger partial charge in [-0.1, -0.05) is 0 Å². The van der Waals surface area contributed by atoms with Crippen LogP contribution in [0.1, 0.15) is 24.2 Å². The molecule has 1 aromatic carbocycles. The summed E-state index contributed by atoms with van der Waals surface area (Å²) < 4.78 is 18.3. The summed E-state index contributed by atoms with van der Waals surface area (Å²) in [6.45, 7) is 3.49. The Labute approximate surface area is 104 Å². The molecule has 2 amide bonds. The summed E-state index contributed by atoms with van der Waals surface area (Å²) in [6, 6.07) is 3.60. The first-order valence-corrected chi connectivity index (χ1v) is 5.41. The lowest BCUT2D eigenvalue weighted by Crippen LogP contribution is -2.21. The third kappa shape index (κ3) is 4.14. The van der Waals surface area contributed by atoms with E-state index in [1.807, 2.05) is 0 Å². The average molecular weight is 254 g/mol. The van der Waals surface area contributed by atoms with Gasteiger partial charge >= 0.3 is 0 Å². The van der Waals surface area contributed by atoms with Crippen LogP contribution in [-0.2, 0) is 9.53 Å². The van der Waals surface area contributed by atoms with E-state index < -0.39 is 11.7 Å². The predicted octanol–water partition coefficient (Wildman–Crippen LogP) is 1.29. The van der Waals surface area contributed by atoms with E-state index in [4.69, 9.17) is 10.5 Å². The van der Waals surface area contributed by atoms with E-state index in [0.29, 0.717) is 5.69 Å². The second-order valence-corrected chi connectivity index (χ2v) is 3.97. The van der Waals surface area contributed by atoms with E-state index in [0.717, 1.165) is 6.07 Å². The first-order chi connectivity index (χ1) is 8.40. The third-order valence-corrected chi connectivity index (χ3v) is 2.06. The molecule has 0 atom stereocenters. The van der Waals surface area contributed by atoms with E-state index in [1.165, 1.54) is 12.1 Å². The van der Waals surface area contributed by atoms with Gasteiger partial charge in [0.1, 0.15) is 12.4 Å². The zero-order chi connectivity index (χ0) is 13.7. The number of halogens is 1. The number of primary amides is 1. The van der Waals surface area contributed by atoms with Crippen LogP contribution in [0.2, 0.25) is 0 Å². The molecule has 0 aliphatic carbocycles. The Morgan fingerprint density at radius 3 is 2.67 bits per heavy atom. The second-order valence-electron chi connectivity index (χ2n) is 3.97. The lowest BCUT2D eigenvalue weighted by atomic mass is 10.2. The normalized spacial score (nSPS) is 10.4. The van der Waals surface area contributed by atoms with Gasteiger partial charge in [-0.25, -0.2) is 4.39 Å². The van der Waals surface area contributed by atoms with Crippen LogP contribution in [0, 0.1) is 5.82 Å². The number of amides is 2. The molecule has 0 aliphatic rings. The number of rotatable bonds is 5. The minimum atomic E-state index is -0.887. The van der Waals surface area contributed by atoms with E-state index in [2.05, 4.69) is 5.32 Å². The average Bonchev–Trinajstić information content (AvgIpc) is 2.28. The van der Waals surface area contributed by atoms with Gasteiger partial charge in [0.15, 0.2) is 0 Å². The molecule has 6 heteroatoms. The SMILES string of the molecule is CC(C)OCC(=O)Nc1ccc(F)c(C(N)=O)c1.